The molecule has 7 nitrogen and oxygen atoms in total. The van der Waals surface area contributed by atoms with Crippen LogP contribution in [0.2, 0.25) is 0 Å². The van der Waals surface area contributed by atoms with Crippen molar-refractivity contribution in [2.24, 2.45) is 11.8 Å². The Morgan fingerprint density at radius 3 is 2.22 bits per heavy atom. The van der Waals surface area contributed by atoms with Gasteiger partial charge in [-0.05, 0) is 12.8 Å². The van der Waals surface area contributed by atoms with Gasteiger partial charge in [-0.25, -0.2) is 0 Å². The second-order valence-corrected chi connectivity index (χ2v) is 5.09. The van der Waals surface area contributed by atoms with Crippen LogP contribution in [-0.2, 0) is 18.7 Å². The quantitative estimate of drug-likeness (QED) is 0.214. The Morgan fingerprint density at radius 1 is 1.39 bits per heavy atom. The molecule has 0 fully saturated rings. The molecule has 0 aromatic carbocycles. The van der Waals surface area contributed by atoms with Gasteiger partial charge in [0.25, 0.3) is 7.82 Å². The van der Waals surface area contributed by atoms with Gasteiger partial charge < -0.3 is 19.4 Å². The second kappa shape index (κ2) is 9.20. The number of carboxylic acids is 1. The fraction of sp³-hybridized carbons (Fsp3) is 0.778. The zero-order chi connectivity index (χ0) is 13.6. The van der Waals surface area contributed by atoms with E-state index in [-0.39, 0.29) is 49.0 Å². The van der Waals surface area contributed by atoms with E-state index in [0.717, 1.165) is 0 Å². The Bertz CT molecular complexity index is 325. The standard InChI is InChI=1S/C9H17O7P.Na/c1-6(2)8(10)7(9(11)12)4-3-5-16-17(13,14)15;/h6-7H,3-5H2,1-2H3,(H,11,12)(H2,13,14,15);/q;+1/p-1. The molecule has 0 saturated carbocycles. The zero-order valence-electron chi connectivity index (χ0n) is 10.7. The monoisotopic (exact) mass is 290 g/mol. The van der Waals surface area contributed by atoms with Crippen LogP contribution in [0.1, 0.15) is 26.7 Å². The van der Waals surface area contributed by atoms with Gasteiger partial charge in [-0.1, -0.05) is 13.8 Å². The average molecular weight is 290 g/mol. The number of ketones is 1. The van der Waals surface area contributed by atoms with Crippen molar-refractivity contribution >= 4 is 19.6 Å². The predicted octanol–water partition coefficient (Wildman–Crippen LogP) is -2.83. The first-order valence-corrected chi connectivity index (χ1v) is 6.59. The summed E-state index contributed by atoms with van der Waals surface area (Å²) in [5, 5.41) is 8.82. The van der Waals surface area contributed by atoms with Crippen LogP contribution in [0.25, 0.3) is 0 Å². The first kappa shape index (κ1) is 20.6. The molecule has 0 aliphatic heterocycles. The van der Waals surface area contributed by atoms with Gasteiger partial charge in [-0.3, -0.25) is 14.2 Å². The maximum Gasteiger partial charge on any atom is 1.00 e. The van der Waals surface area contributed by atoms with Crippen molar-refractivity contribution in [3.05, 3.63) is 0 Å². The van der Waals surface area contributed by atoms with E-state index in [1.807, 2.05) is 0 Å². The molecule has 0 saturated heterocycles. The molecule has 18 heavy (non-hydrogen) atoms. The Kier molecular flexibility index (Phi) is 10.5. The third kappa shape index (κ3) is 9.22. The van der Waals surface area contributed by atoms with Crippen molar-refractivity contribution in [3.63, 3.8) is 0 Å². The molecule has 2 unspecified atom stereocenters. The number of phosphoric acid groups is 1. The fourth-order valence-electron chi connectivity index (χ4n) is 1.26. The van der Waals surface area contributed by atoms with Crippen molar-refractivity contribution in [1.82, 2.24) is 0 Å². The fourth-order valence-corrected chi connectivity index (χ4v) is 1.62. The number of Topliss-reactive ketones (excluding diaryl/α,β-unsaturated/α-hetero) is 1. The van der Waals surface area contributed by atoms with Crippen molar-refractivity contribution in [1.29, 1.82) is 0 Å². The van der Waals surface area contributed by atoms with E-state index in [9.17, 15) is 19.0 Å². The first-order chi connectivity index (χ1) is 7.65. The number of rotatable bonds is 8. The third-order valence-corrected chi connectivity index (χ3v) is 2.61. The molecule has 0 heterocycles. The third-order valence-electron chi connectivity index (χ3n) is 2.10. The number of hydrogen-bond acceptors (Lipinski definition) is 5. The Morgan fingerprint density at radius 2 is 1.89 bits per heavy atom. The summed E-state index contributed by atoms with van der Waals surface area (Å²) in [4.78, 5) is 40.8. The molecule has 0 aromatic rings. The molecule has 0 aliphatic rings. The van der Waals surface area contributed by atoms with Gasteiger partial charge in [-0.2, -0.15) is 0 Å². The van der Waals surface area contributed by atoms with Crippen LogP contribution in [-0.4, -0.2) is 28.4 Å². The van der Waals surface area contributed by atoms with Crippen molar-refractivity contribution in [3.8, 4) is 0 Å². The molecule has 9 heteroatoms. The van der Waals surface area contributed by atoms with E-state index in [1.54, 1.807) is 13.8 Å². The zero-order valence-corrected chi connectivity index (χ0v) is 13.6. The maximum atomic E-state index is 11.5. The predicted molar refractivity (Wildman–Crippen MR) is 56.0 cm³/mol. The summed E-state index contributed by atoms with van der Waals surface area (Å²) in [5.74, 6) is -3.21. The number of carboxylic acid groups (broad SMARTS) is 1. The molecule has 2 atom stereocenters. The van der Waals surface area contributed by atoms with Crippen LogP contribution in [0.15, 0.2) is 0 Å². The van der Waals surface area contributed by atoms with Gasteiger partial charge in [0, 0.05) is 5.92 Å². The van der Waals surface area contributed by atoms with Gasteiger partial charge in [0.15, 0.2) is 0 Å². The van der Waals surface area contributed by atoms with E-state index < -0.39 is 31.4 Å². The van der Waals surface area contributed by atoms with Crippen LogP contribution in [0, 0.1) is 11.8 Å². The summed E-state index contributed by atoms with van der Waals surface area (Å²) in [6.07, 6.45) is 0.0363. The summed E-state index contributed by atoms with van der Waals surface area (Å²) in [7, 11) is -4.77. The van der Waals surface area contributed by atoms with E-state index in [4.69, 9.17) is 10.00 Å². The molecule has 0 rings (SSSR count). The Labute approximate surface area is 127 Å². The number of carbonyl (C=O) groups is 2. The summed E-state index contributed by atoms with van der Waals surface area (Å²) >= 11 is 0. The van der Waals surface area contributed by atoms with Crippen LogP contribution in [0.3, 0.4) is 0 Å². The average Bonchev–Trinajstić information content (AvgIpc) is 2.14. The van der Waals surface area contributed by atoms with Crippen LogP contribution in [0.4, 0.5) is 0 Å². The minimum Gasteiger partial charge on any atom is -0.756 e. The van der Waals surface area contributed by atoms with Crippen molar-refractivity contribution in [2.45, 2.75) is 26.7 Å². The van der Waals surface area contributed by atoms with E-state index in [2.05, 4.69) is 4.52 Å². The van der Waals surface area contributed by atoms with Crippen LogP contribution >= 0.6 is 7.82 Å². The summed E-state index contributed by atoms with van der Waals surface area (Å²) in [5.41, 5.74) is 0. The van der Waals surface area contributed by atoms with Crippen molar-refractivity contribution < 1.29 is 63.1 Å². The Balaban J connectivity index is 0. The number of aliphatic carboxylic acids is 1. The van der Waals surface area contributed by atoms with E-state index >= 15 is 0 Å². The summed E-state index contributed by atoms with van der Waals surface area (Å²) < 4.78 is 14.3. The molecule has 0 spiro atoms. The van der Waals surface area contributed by atoms with Gasteiger partial charge in [0.05, 0.1) is 6.61 Å². The molecule has 0 radical (unpaired) electrons. The van der Waals surface area contributed by atoms with Gasteiger partial charge >= 0.3 is 35.5 Å². The topological polar surface area (TPSA) is 124 Å². The summed E-state index contributed by atoms with van der Waals surface area (Å²) in [6.45, 7) is 2.84. The smallest absolute Gasteiger partial charge is 0.756 e. The largest absolute Gasteiger partial charge is 1.00 e. The second-order valence-electron chi connectivity index (χ2n) is 3.89. The van der Waals surface area contributed by atoms with Gasteiger partial charge in [0.1, 0.15) is 11.7 Å². The van der Waals surface area contributed by atoms with E-state index in [0.29, 0.717) is 0 Å². The Hall–Kier alpha value is 0.250. The maximum absolute atomic E-state index is 11.5. The van der Waals surface area contributed by atoms with Crippen LogP contribution < -0.4 is 34.5 Å². The molecular weight excluding hydrogens is 274 g/mol. The number of phosphoric ester groups is 1. The minimum atomic E-state index is -4.77. The van der Waals surface area contributed by atoms with Gasteiger partial charge in [-0.15, -0.1) is 0 Å². The molecule has 0 amide bonds. The summed E-state index contributed by atoms with van der Waals surface area (Å²) in [6, 6.07) is 0. The van der Waals surface area contributed by atoms with Crippen LogP contribution in [0.5, 0.6) is 0 Å². The SMILES string of the molecule is CC(C)C(=O)C(CCCOP(=O)([O-])O)C(=O)O.[Na+]. The first-order valence-electron chi connectivity index (χ1n) is 5.10. The molecular formula is C9H16NaO7P. The number of hydrogen-bond donors (Lipinski definition) is 2. The van der Waals surface area contributed by atoms with E-state index in [1.165, 1.54) is 0 Å². The van der Waals surface area contributed by atoms with Gasteiger partial charge in [0.2, 0.25) is 0 Å². The molecule has 2 N–H and O–H groups in total. The molecule has 0 bridgehead atoms. The van der Waals surface area contributed by atoms with Crippen molar-refractivity contribution in [2.75, 3.05) is 6.61 Å². The molecule has 0 aliphatic carbocycles. The number of carbonyl (C=O) groups excluding carboxylic acids is 1. The normalized spacial score (nSPS) is 15.6. The molecule has 0 aromatic heterocycles. The molecule has 100 valence electrons. The minimum absolute atomic E-state index is 0.